The molecule has 0 unspecified atom stereocenters. The highest BCUT2D eigenvalue weighted by Gasteiger charge is 2.04. The predicted octanol–water partition coefficient (Wildman–Crippen LogP) is 4.80. The standard InChI is InChI=1S/C20H21N5/c1-15-13-19(17-7-5-4-6-8-17)23-20(22-15)24-21-14-16-9-11-18(12-10-16)25(2)3/h4-13H,14H2,1-3H3. The molecular formula is C20H21N5. The van der Waals surface area contributed by atoms with E-state index in [2.05, 4.69) is 49.4 Å². The number of anilines is 1. The van der Waals surface area contributed by atoms with Gasteiger partial charge in [0.05, 0.1) is 12.2 Å². The van der Waals surface area contributed by atoms with Crippen molar-refractivity contribution >= 4 is 11.6 Å². The number of hydrogen-bond acceptors (Lipinski definition) is 5. The number of aryl methyl sites for hydroxylation is 1. The Bertz CT molecular complexity index is 855. The molecular weight excluding hydrogens is 310 g/mol. The number of nitrogens with zero attached hydrogens (tertiary/aromatic N) is 5. The Morgan fingerprint density at radius 3 is 2.32 bits per heavy atom. The molecule has 0 radical (unpaired) electrons. The summed E-state index contributed by atoms with van der Waals surface area (Å²) < 4.78 is 0. The van der Waals surface area contributed by atoms with Crippen LogP contribution >= 0.6 is 0 Å². The lowest BCUT2D eigenvalue weighted by atomic mass is 10.1. The van der Waals surface area contributed by atoms with Crippen molar-refractivity contribution in [3.05, 3.63) is 71.9 Å². The van der Waals surface area contributed by atoms with Crippen LogP contribution < -0.4 is 4.90 Å². The highest BCUT2D eigenvalue weighted by molar-refractivity contribution is 5.60. The van der Waals surface area contributed by atoms with Crippen molar-refractivity contribution in [1.29, 1.82) is 0 Å². The van der Waals surface area contributed by atoms with Gasteiger partial charge in [-0.05, 0) is 30.7 Å². The SMILES string of the molecule is Cc1cc(-c2ccccc2)nc(N=NCc2ccc(N(C)C)cc2)n1. The van der Waals surface area contributed by atoms with Crippen LogP contribution in [0.2, 0.25) is 0 Å². The van der Waals surface area contributed by atoms with Gasteiger partial charge in [0.2, 0.25) is 0 Å². The Morgan fingerprint density at radius 1 is 0.920 bits per heavy atom. The molecule has 0 aliphatic rings. The highest BCUT2D eigenvalue weighted by Crippen LogP contribution is 2.20. The molecule has 0 bridgehead atoms. The molecule has 0 spiro atoms. The summed E-state index contributed by atoms with van der Waals surface area (Å²) in [5, 5.41) is 8.45. The smallest absolute Gasteiger partial charge is 0.269 e. The minimum atomic E-state index is 0.392. The molecule has 0 amide bonds. The summed E-state index contributed by atoms with van der Waals surface area (Å²) in [6, 6.07) is 20.2. The maximum absolute atomic E-state index is 4.49. The molecule has 5 heteroatoms. The Morgan fingerprint density at radius 2 is 1.64 bits per heavy atom. The van der Waals surface area contributed by atoms with Crippen LogP contribution in [0.3, 0.4) is 0 Å². The van der Waals surface area contributed by atoms with Crippen LogP contribution in [0.15, 0.2) is 70.9 Å². The maximum atomic E-state index is 4.49. The third-order valence-corrected chi connectivity index (χ3v) is 3.78. The second kappa shape index (κ2) is 7.66. The monoisotopic (exact) mass is 331 g/mol. The van der Waals surface area contributed by atoms with Crippen molar-refractivity contribution in [1.82, 2.24) is 9.97 Å². The third-order valence-electron chi connectivity index (χ3n) is 3.78. The van der Waals surface area contributed by atoms with Crippen molar-refractivity contribution in [3.8, 4) is 11.3 Å². The van der Waals surface area contributed by atoms with Gasteiger partial charge in [-0.1, -0.05) is 42.5 Å². The summed E-state index contributed by atoms with van der Waals surface area (Å²) in [5.74, 6) is 0.392. The lowest BCUT2D eigenvalue weighted by Crippen LogP contribution is -2.08. The second-order valence-electron chi connectivity index (χ2n) is 6.02. The Labute approximate surface area is 148 Å². The predicted molar refractivity (Wildman–Crippen MR) is 101 cm³/mol. The van der Waals surface area contributed by atoms with E-state index in [9.17, 15) is 0 Å². The number of rotatable bonds is 5. The fourth-order valence-electron chi connectivity index (χ4n) is 2.43. The summed E-state index contributed by atoms with van der Waals surface area (Å²) >= 11 is 0. The van der Waals surface area contributed by atoms with Gasteiger partial charge in [-0.15, -0.1) is 5.11 Å². The minimum absolute atomic E-state index is 0.392. The molecule has 5 nitrogen and oxygen atoms in total. The lowest BCUT2D eigenvalue weighted by molar-refractivity contribution is 0.920. The van der Waals surface area contributed by atoms with Crippen molar-refractivity contribution in [2.45, 2.75) is 13.5 Å². The van der Waals surface area contributed by atoms with E-state index in [1.165, 1.54) is 0 Å². The van der Waals surface area contributed by atoms with Crippen LogP contribution in [-0.2, 0) is 6.54 Å². The van der Waals surface area contributed by atoms with Crippen LogP contribution in [0.5, 0.6) is 0 Å². The molecule has 0 saturated carbocycles. The molecule has 0 aliphatic heterocycles. The first-order valence-corrected chi connectivity index (χ1v) is 8.17. The van der Waals surface area contributed by atoms with Gasteiger partial charge in [-0.2, -0.15) is 5.11 Å². The molecule has 3 rings (SSSR count). The van der Waals surface area contributed by atoms with Crippen molar-refractivity contribution < 1.29 is 0 Å². The fraction of sp³-hybridized carbons (Fsp3) is 0.200. The van der Waals surface area contributed by atoms with E-state index < -0.39 is 0 Å². The number of hydrogen-bond donors (Lipinski definition) is 0. The molecule has 0 fully saturated rings. The molecule has 1 heterocycles. The van der Waals surface area contributed by atoms with Gasteiger partial charge < -0.3 is 4.90 Å². The Kier molecular flexibility index (Phi) is 5.14. The van der Waals surface area contributed by atoms with Crippen LogP contribution in [0.25, 0.3) is 11.3 Å². The first kappa shape index (κ1) is 16.8. The Hall–Kier alpha value is -3.08. The normalized spacial score (nSPS) is 11.0. The molecule has 2 aromatic carbocycles. The number of aromatic nitrogens is 2. The van der Waals surface area contributed by atoms with E-state index in [0.29, 0.717) is 12.5 Å². The van der Waals surface area contributed by atoms with Gasteiger partial charge >= 0.3 is 0 Å². The summed E-state index contributed by atoms with van der Waals surface area (Å²) in [4.78, 5) is 10.9. The maximum Gasteiger partial charge on any atom is 0.269 e. The highest BCUT2D eigenvalue weighted by atomic mass is 15.2. The van der Waals surface area contributed by atoms with Crippen LogP contribution in [0, 0.1) is 6.92 Å². The van der Waals surface area contributed by atoms with Crippen LogP contribution in [-0.4, -0.2) is 24.1 Å². The van der Waals surface area contributed by atoms with E-state index in [1.54, 1.807) is 0 Å². The zero-order valence-electron chi connectivity index (χ0n) is 14.7. The zero-order valence-corrected chi connectivity index (χ0v) is 14.7. The molecule has 126 valence electrons. The van der Waals surface area contributed by atoms with E-state index in [4.69, 9.17) is 0 Å². The van der Waals surface area contributed by atoms with Gasteiger partial charge in [0, 0.05) is 31.0 Å². The van der Waals surface area contributed by atoms with E-state index in [1.807, 2.05) is 57.4 Å². The van der Waals surface area contributed by atoms with E-state index in [-0.39, 0.29) is 0 Å². The van der Waals surface area contributed by atoms with E-state index >= 15 is 0 Å². The quantitative estimate of drug-likeness (QED) is 0.631. The first-order valence-electron chi connectivity index (χ1n) is 8.17. The Balaban J connectivity index is 1.74. The molecule has 0 atom stereocenters. The molecule has 1 aromatic heterocycles. The number of benzene rings is 2. The topological polar surface area (TPSA) is 53.7 Å². The third kappa shape index (κ3) is 4.47. The van der Waals surface area contributed by atoms with Gasteiger partial charge in [-0.3, -0.25) is 0 Å². The van der Waals surface area contributed by atoms with Crippen molar-refractivity contribution in [2.24, 2.45) is 10.2 Å². The number of azo groups is 1. The minimum Gasteiger partial charge on any atom is -0.378 e. The summed E-state index contributed by atoms with van der Waals surface area (Å²) in [5.41, 5.74) is 5.04. The van der Waals surface area contributed by atoms with Gasteiger partial charge in [0.15, 0.2) is 0 Å². The van der Waals surface area contributed by atoms with Crippen molar-refractivity contribution in [2.75, 3.05) is 19.0 Å². The van der Waals surface area contributed by atoms with Gasteiger partial charge in [0.25, 0.3) is 5.95 Å². The largest absolute Gasteiger partial charge is 0.378 e. The molecule has 0 saturated heterocycles. The van der Waals surface area contributed by atoms with Gasteiger partial charge in [-0.25, -0.2) is 9.97 Å². The fourth-order valence-corrected chi connectivity index (χ4v) is 2.43. The molecule has 3 aromatic rings. The van der Waals surface area contributed by atoms with Crippen LogP contribution in [0.4, 0.5) is 11.6 Å². The average Bonchev–Trinajstić information content (AvgIpc) is 2.62. The van der Waals surface area contributed by atoms with Gasteiger partial charge in [0.1, 0.15) is 0 Å². The zero-order chi connectivity index (χ0) is 17.6. The first-order chi connectivity index (χ1) is 12.1. The molecule has 25 heavy (non-hydrogen) atoms. The second-order valence-corrected chi connectivity index (χ2v) is 6.02. The summed E-state index contributed by atoms with van der Waals surface area (Å²) in [7, 11) is 4.04. The summed E-state index contributed by atoms with van der Waals surface area (Å²) in [6.45, 7) is 2.44. The van der Waals surface area contributed by atoms with Crippen molar-refractivity contribution in [3.63, 3.8) is 0 Å². The summed E-state index contributed by atoms with van der Waals surface area (Å²) in [6.07, 6.45) is 0. The molecule has 0 aliphatic carbocycles. The average molecular weight is 331 g/mol. The molecule has 0 N–H and O–H groups in total. The lowest BCUT2D eigenvalue weighted by Gasteiger charge is -2.11. The van der Waals surface area contributed by atoms with E-state index in [0.717, 1.165) is 28.2 Å². The van der Waals surface area contributed by atoms with Crippen LogP contribution in [0.1, 0.15) is 11.3 Å².